The standard InChI is InChI=1S/C24H28N2O4S/c1-2-29-23-20-16(4-3-5-18(20)27)21(31-23)22(28)26-10-8-24(9-11-26)14-30-19-7-6-15(13-25)12-17(19)24/h6-7,12H,2-5,8-11,13-14,25H2,1H3. The molecule has 2 aliphatic heterocycles. The van der Waals surface area contributed by atoms with E-state index in [0.717, 1.165) is 42.6 Å². The number of carbonyl (C=O) groups excluding carboxylic acids is 2. The Labute approximate surface area is 186 Å². The van der Waals surface area contributed by atoms with Crippen LogP contribution in [0.1, 0.15) is 69.3 Å². The summed E-state index contributed by atoms with van der Waals surface area (Å²) in [6, 6.07) is 6.22. The third-order valence-corrected chi connectivity index (χ3v) is 8.05. The van der Waals surface area contributed by atoms with Gasteiger partial charge in [-0.15, -0.1) is 0 Å². The second-order valence-corrected chi connectivity index (χ2v) is 9.66. The predicted octanol–water partition coefficient (Wildman–Crippen LogP) is 3.69. The normalized spacial score (nSPS) is 19.2. The summed E-state index contributed by atoms with van der Waals surface area (Å²) >= 11 is 1.35. The first-order valence-electron chi connectivity index (χ1n) is 11.1. The fourth-order valence-corrected chi connectivity index (χ4v) is 6.40. The number of likely N-dealkylation sites (tertiary alicyclic amines) is 1. The maximum absolute atomic E-state index is 13.5. The van der Waals surface area contributed by atoms with Crippen molar-refractivity contribution < 1.29 is 19.1 Å². The first-order chi connectivity index (χ1) is 15.1. The van der Waals surface area contributed by atoms with Crippen LogP contribution in [-0.2, 0) is 18.4 Å². The van der Waals surface area contributed by atoms with Crippen molar-refractivity contribution in [2.75, 3.05) is 26.3 Å². The van der Waals surface area contributed by atoms with Crippen molar-refractivity contribution in [2.24, 2.45) is 5.73 Å². The number of rotatable bonds is 4. The average molecular weight is 441 g/mol. The fraction of sp³-hybridized carbons (Fsp3) is 0.500. The fourth-order valence-electron chi connectivity index (χ4n) is 5.15. The first-order valence-corrected chi connectivity index (χ1v) is 11.9. The highest BCUT2D eigenvalue weighted by atomic mass is 32.1. The minimum absolute atomic E-state index is 0.0339. The number of nitrogens with two attached hydrogens (primary N) is 1. The van der Waals surface area contributed by atoms with E-state index in [1.165, 1.54) is 16.9 Å². The molecule has 0 saturated carbocycles. The molecule has 0 radical (unpaired) electrons. The van der Waals surface area contributed by atoms with Gasteiger partial charge < -0.3 is 20.1 Å². The van der Waals surface area contributed by atoms with Gasteiger partial charge in [0, 0.05) is 37.0 Å². The number of benzene rings is 1. The first kappa shape index (κ1) is 20.5. The molecule has 1 fully saturated rings. The summed E-state index contributed by atoms with van der Waals surface area (Å²) in [5.74, 6) is 1.09. The number of carbonyl (C=O) groups is 2. The predicted molar refractivity (Wildman–Crippen MR) is 119 cm³/mol. The van der Waals surface area contributed by atoms with E-state index >= 15 is 0 Å². The number of hydrogen-bond donors (Lipinski definition) is 1. The van der Waals surface area contributed by atoms with Crippen LogP contribution in [0, 0.1) is 0 Å². The van der Waals surface area contributed by atoms with E-state index in [-0.39, 0.29) is 17.1 Å². The van der Waals surface area contributed by atoms with Gasteiger partial charge in [-0.3, -0.25) is 9.59 Å². The van der Waals surface area contributed by atoms with Crippen LogP contribution in [0.3, 0.4) is 0 Å². The van der Waals surface area contributed by atoms with Crippen LogP contribution < -0.4 is 15.2 Å². The number of ether oxygens (including phenoxy) is 2. The zero-order chi connectivity index (χ0) is 21.6. The maximum Gasteiger partial charge on any atom is 0.264 e. The van der Waals surface area contributed by atoms with Crippen LogP contribution in [0.15, 0.2) is 18.2 Å². The summed E-state index contributed by atoms with van der Waals surface area (Å²) in [6.07, 6.45) is 3.84. The molecular weight excluding hydrogens is 412 g/mol. The Kier molecular flexibility index (Phi) is 5.26. The summed E-state index contributed by atoms with van der Waals surface area (Å²) in [6.45, 7) is 4.93. The lowest BCUT2D eigenvalue weighted by molar-refractivity contribution is 0.0650. The molecule has 1 spiro atoms. The van der Waals surface area contributed by atoms with E-state index in [0.29, 0.717) is 54.8 Å². The van der Waals surface area contributed by atoms with E-state index in [1.807, 2.05) is 24.0 Å². The van der Waals surface area contributed by atoms with Gasteiger partial charge in [-0.05, 0) is 49.8 Å². The summed E-state index contributed by atoms with van der Waals surface area (Å²) in [4.78, 5) is 28.6. The van der Waals surface area contributed by atoms with E-state index in [9.17, 15) is 9.59 Å². The van der Waals surface area contributed by atoms with Crippen molar-refractivity contribution >= 4 is 23.0 Å². The minimum atomic E-state index is -0.0430. The maximum atomic E-state index is 13.5. The minimum Gasteiger partial charge on any atom is -0.492 e. The van der Waals surface area contributed by atoms with Gasteiger partial charge in [0.2, 0.25) is 0 Å². The molecule has 164 valence electrons. The molecule has 1 aromatic carbocycles. The van der Waals surface area contributed by atoms with Crippen LogP contribution in [0.5, 0.6) is 10.8 Å². The zero-order valence-corrected chi connectivity index (χ0v) is 18.7. The quantitative estimate of drug-likeness (QED) is 0.784. The van der Waals surface area contributed by atoms with Gasteiger partial charge in [0.05, 0.1) is 23.7 Å². The Morgan fingerprint density at radius 2 is 2.10 bits per heavy atom. The van der Waals surface area contributed by atoms with Gasteiger partial charge in [-0.1, -0.05) is 23.5 Å². The molecule has 7 heteroatoms. The molecule has 3 aliphatic rings. The summed E-state index contributed by atoms with van der Waals surface area (Å²) in [7, 11) is 0. The Balaban J connectivity index is 1.38. The number of Topliss-reactive ketones (excluding diaryl/α,β-unsaturated/α-hetero) is 1. The molecule has 2 aromatic rings. The van der Waals surface area contributed by atoms with Crippen molar-refractivity contribution in [1.29, 1.82) is 0 Å². The number of ketones is 1. The molecule has 5 rings (SSSR count). The van der Waals surface area contributed by atoms with Crippen molar-refractivity contribution in [2.45, 2.75) is 51.0 Å². The van der Waals surface area contributed by atoms with Crippen LogP contribution in [0.2, 0.25) is 0 Å². The molecule has 1 aromatic heterocycles. The monoisotopic (exact) mass is 440 g/mol. The van der Waals surface area contributed by atoms with Gasteiger partial charge in [0.15, 0.2) is 10.8 Å². The van der Waals surface area contributed by atoms with Gasteiger partial charge in [-0.25, -0.2) is 0 Å². The van der Waals surface area contributed by atoms with Crippen LogP contribution >= 0.6 is 11.3 Å². The Bertz CT molecular complexity index is 1040. The van der Waals surface area contributed by atoms with Crippen molar-refractivity contribution in [1.82, 2.24) is 4.90 Å². The van der Waals surface area contributed by atoms with Crippen LogP contribution in [0.4, 0.5) is 0 Å². The molecule has 1 aliphatic carbocycles. The van der Waals surface area contributed by atoms with Crippen molar-refractivity contribution in [3.63, 3.8) is 0 Å². The van der Waals surface area contributed by atoms with E-state index < -0.39 is 0 Å². The van der Waals surface area contributed by atoms with Crippen molar-refractivity contribution in [3.05, 3.63) is 45.3 Å². The average Bonchev–Trinajstić information content (AvgIpc) is 3.34. The second kappa shape index (κ2) is 7.95. The summed E-state index contributed by atoms with van der Waals surface area (Å²) in [5, 5.41) is 0.617. The Morgan fingerprint density at radius 3 is 2.84 bits per heavy atom. The molecule has 2 N–H and O–H groups in total. The summed E-state index contributed by atoms with van der Waals surface area (Å²) in [5.41, 5.74) is 9.71. The number of hydrogen-bond acceptors (Lipinski definition) is 6. The number of thiophene rings is 1. The topological polar surface area (TPSA) is 81.9 Å². The molecule has 0 bridgehead atoms. The van der Waals surface area contributed by atoms with Gasteiger partial charge in [0.1, 0.15) is 5.75 Å². The summed E-state index contributed by atoms with van der Waals surface area (Å²) < 4.78 is 11.7. The number of piperidine rings is 1. The molecule has 31 heavy (non-hydrogen) atoms. The third-order valence-electron chi connectivity index (χ3n) is 6.92. The molecule has 1 saturated heterocycles. The zero-order valence-electron chi connectivity index (χ0n) is 17.9. The number of nitrogens with zero attached hydrogens (tertiary/aromatic N) is 1. The molecule has 1 amide bonds. The molecule has 0 unspecified atom stereocenters. The molecule has 6 nitrogen and oxygen atoms in total. The van der Waals surface area contributed by atoms with E-state index in [4.69, 9.17) is 15.2 Å². The largest absolute Gasteiger partial charge is 0.492 e. The smallest absolute Gasteiger partial charge is 0.264 e. The molecule has 0 atom stereocenters. The second-order valence-electron chi connectivity index (χ2n) is 8.68. The van der Waals surface area contributed by atoms with Gasteiger partial charge in [-0.2, -0.15) is 0 Å². The SMILES string of the molecule is CCOc1sc(C(=O)N2CCC3(CC2)COc2ccc(CN)cc23)c2c1C(=O)CCC2. The van der Waals surface area contributed by atoms with Crippen LogP contribution in [0.25, 0.3) is 0 Å². The number of fused-ring (bicyclic) bond motifs is 3. The van der Waals surface area contributed by atoms with E-state index in [2.05, 4.69) is 6.07 Å². The Morgan fingerprint density at radius 1 is 1.29 bits per heavy atom. The lowest BCUT2D eigenvalue weighted by Crippen LogP contribution is -2.46. The third kappa shape index (κ3) is 3.34. The molecule has 3 heterocycles. The van der Waals surface area contributed by atoms with Gasteiger partial charge >= 0.3 is 0 Å². The van der Waals surface area contributed by atoms with Crippen molar-refractivity contribution in [3.8, 4) is 10.8 Å². The highest BCUT2D eigenvalue weighted by Crippen LogP contribution is 2.47. The van der Waals surface area contributed by atoms with Gasteiger partial charge in [0.25, 0.3) is 5.91 Å². The Hall–Kier alpha value is -2.38. The highest BCUT2D eigenvalue weighted by molar-refractivity contribution is 7.16. The van der Waals surface area contributed by atoms with Crippen LogP contribution in [-0.4, -0.2) is 42.9 Å². The lowest BCUT2D eigenvalue weighted by atomic mass is 9.74. The number of amides is 1. The van der Waals surface area contributed by atoms with E-state index in [1.54, 1.807) is 0 Å². The lowest BCUT2D eigenvalue weighted by Gasteiger charge is -2.38. The highest BCUT2D eigenvalue weighted by Gasteiger charge is 2.44. The molecular formula is C24H28N2O4S.